The first-order valence-corrected chi connectivity index (χ1v) is 7.83. The fourth-order valence-corrected chi connectivity index (χ4v) is 4.29. The fourth-order valence-electron chi connectivity index (χ4n) is 4.29. The summed E-state index contributed by atoms with van der Waals surface area (Å²) in [6.45, 7) is 3.77. The second kappa shape index (κ2) is 4.28. The van der Waals surface area contributed by atoms with Crippen molar-refractivity contribution >= 4 is 21.9 Å². The van der Waals surface area contributed by atoms with Gasteiger partial charge in [0.15, 0.2) is 0 Å². The molecule has 21 heavy (non-hydrogen) atoms. The highest BCUT2D eigenvalue weighted by molar-refractivity contribution is 6.04. The Morgan fingerprint density at radius 2 is 1.95 bits per heavy atom. The van der Waals surface area contributed by atoms with Gasteiger partial charge in [-0.25, -0.2) is 0 Å². The lowest BCUT2D eigenvalue weighted by molar-refractivity contribution is 0.0877. The minimum Gasteiger partial charge on any atom is -0.361 e. The topological polar surface area (TPSA) is 44.8 Å². The number of rotatable bonds is 1. The van der Waals surface area contributed by atoms with E-state index in [0.717, 1.165) is 17.0 Å². The van der Waals surface area contributed by atoms with Crippen LogP contribution in [0.25, 0.3) is 21.9 Å². The molecule has 3 aliphatic rings. The number of benzene rings is 1. The zero-order chi connectivity index (χ0) is 13.8. The van der Waals surface area contributed by atoms with Gasteiger partial charge in [-0.2, -0.15) is 0 Å². The van der Waals surface area contributed by atoms with Crippen molar-refractivity contribution in [1.29, 1.82) is 0 Å². The molecule has 5 heterocycles. The van der Waals surface area contributed by atoms with Crippen molar-refractivity contribution in [3.8, 4) is 0 Å². The quantitative estimate of drug-likeness (QED) is 0.744. The molecule has 3 aliphatic heterocycles. The van der Waals surface area contributed by atoms with E-state index in [0.29, 0.717) is 5.92 Å². The standard InChI is InChI=1S/C17H18N4/c1-2-15-17(19-6-5-18-15)16-12(9-20-14(1)16)13-10-21-7-3-11(13)4-8-21/h1-2,5-6,9,11,13,20H,3-4,7-8,10H2. The van der Waals surface area contributed by atoms with Gasteiger partial charge in [0, 0.05) is 42.0 Å². The molecule has 2 bridgehead atoms. The molecule has 0 saturated carbocycles. The first kappa shape index (κ1) is 11.7. The lowest BCUT2D eigenvalue weighted by Gasteiger charge is -2.44. The predicted octanol–water partition coefficient (Wildman–Crippen LogP) is 2.92. The van der Waals surface area contributed by atoms with Crippen molar-refractivity contribution in [1.82, 2.24) is 19.9 Å². The highest BCUT2D eigenvalue weighted by atomic mass is 15.1. The van der Waals surface area contributed by atoms with Crippen molar-refractivity contribution in [2.45, 2.75) is 18.8 Å². The number of piperidine rings is 3. The molecule has 2 aromatic heterocycles. The van der Waals surface area contributed by atoms with E-state index in [9.17, 15) is 0 Å². The third kappa shape index (κ3) is 1.65. The monoisotopic (exact) mass is 278 g/mol. The summed E-state index contributed by atoms with van der Waals surface area (Å²) in [5.41, 5.74) is 4.68. The molecular formula is C17H18N4. The van der Waals surface area contributed by atoms with E-state index < -0.39 is 0 Å². The Morgan fingerprint density at radius 1 is 1.10 bits per heavy atom. The summed E-state index contributed by atoms with van der Waals surface area (Å²) in [7, 11) is 0. The number of fused-ring (bicyclic) bond motifs is 6. The van der Waals surface area contributed by atoms with E-state index in [-0.39, 0.29) is 0 Å². The zero-order valence-corrected chi connectivity index (χ0v) is 11.9. The number of aromatic amines is 1. The van der Waals surface area contributed by atoms with Gasteiger partial charge in [-0.05, 0) is 49.5 Å². The second-order valence-corrected chi connectivity index (χ2v) is 6.40. The number of nitrogens with one attached hydrogen (secondary N) is 1. The van der Waals surface area contributed by atoms with Crippen LogP contribution in [0.3, 0.4) is 0 Å². The van der Waals surface area contributed by atoms with Gasteiger partial charge in [0.2, 0.25) is 0 Å². The van der Waals surface area contributed by atoms with E-state index in [1.54, 1.807) is 12.4 Å². The van der Waals surface area contributed by atoms with Crippen molar-refractivity contribution < 1.29 is 0 Å². The number of hydrogen-bond donors (Lipinski definition) is 1. The largest absolute Gasteiger partial charge is 0.361 e. The van der Waals surface area contributed by atoms with Gasteiger partial charge >= 0.3 is 0 Å². The van der Waals surface area contributed by atoms with Crippen LogP contribution in [0, 0.1) is 5.92 Å². The summed E-state index contributed by atoms with van der Waals surface area (Å²) < 4.78 is 0. The van der Waals surface area contributed by atoms with E-state index >= 15 is 0 Å². The summed E-state index contributed by atoms with van der Waals surface area (Å²) in [6, 6.07) is 4.19. The molecule has 0 amide bonds. The van der Waals surface area contributed by atoms with Crippen molar-refractivity contribution in [2.24, 2.45) is 5.92 Å². The molecular weight excluding hydrogens is 260 g/mol. The summed E-state index contributed by atoms with van der Waals surface area (Å²) in [5.74, 6) is 1.48. The van der Waals surface area contributed by atoms with E-state index in [1.165, 1.54) is 48.9 Å². The average Bonchev–Trinajstić information content (AvgIpc) is 3.00. The van der Waals surface area contributed by atoms with Gasteiger partial charge < -0.3 is 9.88 Å². The molecule has 0 radical (unpaired) electrons. The zero-order valence-electron chi connectivity index (χ0n) is 11.9. The van der Waals surface area contributed by atoms with Gasteiger partial charge in [-0.15, -0.1) is 0 Å². The smallest absolute Gasteiger partial charge is 0.0983 e. The maximum absolute atomic E-state index is 4.60. The van der Waals surface area contributed by atoms with Crippen molar-refractivity contribution in [3.63, 3.8) is 0 Å². The lowest BCUT2D eigenvalue weighted by Crippen LogP contribution is -2.46. The molecule has 0 spiro atoms. The lowest BCUT2D eigenvalue weighted by atomic mass is 9.75. The maximum atomic E-state index is 4.60. The molecule has 3 saturated heterocycles. The molecule has 3 aromatic rings. The van der Waals surface area contributed by atoms with Crippen LogP contribution in [0.4, 0.5) is 0 Å². The maximum Gasteiger partial charge on any atom is 0.0983 e. The minimum absolute atomic E-state index is 0.647. The molecule has 4 nitrogen and oxygen atoms in total. The second-order valence-electron chi connectivity index (χ2n) is 6.40. The Morgan fingerprint density at radius 3 is 2.76 bits per heavy atom. The third-order valence-corrected chi connectivity index (χ3v) is 5.37. The Balaban J connectivity index is 1.74. The summed E-state index contributed by atoms with van der Waals surface area (Å²) in [6.07, 6.45) is 8.47. The van der Waals surface area contributed by atoms with Crippen LogP contribution in [0.15, 0.2) is 30.7 Å². The number of H-pyrrole nitrogens is 1. The van der Waals surface area contributed by atoms with Crippen molar-refractivity contribution in [2.75, 3.05) is 19.6 Å². The molecule has 1 atom stereocenters. The number of aromatic nitrogens is 3. The Hall–Kier alpha value is -1.94. The van der Waals surface area contributed by atoms with Crippen LogP contribution in [0.1, 0.15) is 24.3 Å². The summed E-state index contributed by atoms with van der Waals surface area (Å²) in [4.78, 5) is 15.1. The molecule has 6 rings (SSSR count). The van der Waals surface area contributed by atoms with E-state index in [4.69, 9.17) is 0 Å². The summed E-state index contributed by atoms with van der Waals surface area (Å²) in [5, 5.41) is 1.29. The van der Waals surface area contributed by atoms with Gasteiger partial charge in [0.25, 0.3) is 0 Å². The van der Waals surface area contributed by atoms with Gasteiger partial charge in [-0.1, -0.05) is 0 Å². The molecule has 1 aromatic carbocycles. The van der Waals surface area contributed by atoms with E-state index in [2.05, 4.69) is 38.2 Å². The number of nitrogens with zero attached hydrogens (tertiary/aromatic N) is 3. The minimum atomic E-state index is 0.647. The Bertz CT molecular complexity index is 814. The normalized spacial score (nSPS) is 28.5. The first-order valence-electron chi connectivity index (χ1n) is 7.83. The average molecular weight is 278 g/mol. The van der Waals surface area contributed by atoms with Crippen LogP contribution < -0.4 is 0 Å². The first-order chi connectivity index (χ1) is 10.4. The van der Waals surface area contributed by atoms with E-state index in [1.807, 2.05) is 0 Å². The highest BCUT2D eigenvalue weighted by Crippen LogP contribution is 2.42. The Kier molecular flexibility index (Phi) is 2.38. The Labute approximate surface area is 123 Å². The van der Waals surface area contributed by atoms with Gasteiger partial charge in [0.05, 0.1) is 11.0 Å². The van der Waals surface area contributed by atoms with Gasteiger partial charge in [-0.3, -0.25) is 9.97 Å². The third-order valence-electron chi connectivity index (χ3n) is 5.37. The van der Waals surface area contributed by atoms with Crippen LogP contribution >= 0.6 is 0 Å². The van der Waals surface area contributed by atoms with Crippen LogP contribution in [-0.2, 0) is 0 Å². The molecule has 3 fully saturated rings. The molecule has 106 valence electrons. The SMILES string of the molecule is c1cnc2c(ccc3[nH]cc(C4CN5CCC4CC5)c32)n1. The van der Waals surface area contributed by atoms with Crippen LogP contribution in [0.5, 0.6) is 0 Å². The molecule has 0 aliphatic carbocycles. The predicted molar refractivity (Wildman–Crippen MR) is 83.3 cm³/mol. The van der Waals surface area contributed by atoms with Crippen LogP contribution in [-0.4, -0.2) is 39.5 Å². The van der Waals surface area contributed by atoms with Crippen molar-refractivity contribution in [3.05, 3.63) is 36.3 Å². The molecule has 1 N–H and O–H groups in total. The molecule has 4 heteroatoms. The summed E-state index contributed by atoms with van der Waals surface area (Å²) >= 11 is 0. The van der Waals surface area contributed by atoms with Gasteiger partial charge in [0.1, 0.15) is 0 Å². The number of hydrogen-bond acceptors (Lipinski definition) is 3. The van der Waals surface area contributed by atoms with Crippen LogP contribution in [0.2, 0.25) is 0 Å². The fraction of sp³-hybridized carbons (Fsp3) is 0.412. The molecule has 1 unspecified atom stereocenters. The highest BCUT2D eigenvalue weighted by Gasteiger charge is 2.36.